The van der Waals surface area contributed by atoms with Gasteiger partial charge in [-0.2, -0.15) is 0 Å². The molecule has 5 heterocycles. The number of pyridine rings is 1. The van der Waals surface area contributed by atoms with Crippen molar-refractivity contribution in [3.05, 3.63) is 72.3 Å². The molecule has 2 saturated heterocycles. The lowest BCUT2D eigenvalue weighted by Crippen LogP contribution is -2.46. The first-order chi connectivity index (χ1) is 15.2. The molecule has 1 atom stereocenters. The Morgan fingerprint density at radius 1 is 1.16 bits per heavy atom. The maximum absolute atomic E-state index is 6.63. The summed E-state index contributed by atoms with van der Waals surface area (Å²) in [6.45, 7) is 3.76. The van der Waals surface area contributed by atoms with Gasteiger partial charge in [0.25, 0.3) is 0 Å². The van der Waals surface area contributed by atoms with Gasteiger partial charge in [-0.15, -0.1) is 0 Å². The highest BCUT2D eigenvalue weighted by Gasteiger charge is 2.53. The SMILES string of the molecule is COc1ccc2c(c1)NC1(COC3(CCN(Cc4cccnc4)CC3)C1)c1cccn1-2. The zero-order valence-electron chi connectivity index (χ0n) is 17.9. The fourth-order valence-corrected chi connectivity index (χ4v) is 5.62. The average Bonchev–Trinajstić information content (AvgIpc) is 3.43. The van der Waals surface area contributed by atoms with Crippen LogP contribution in [0.25, 0.3) is 5.69 Å². The van der Waals surface area contributed by atoms with Crippen LogP contribution in [0.5, 0.6) is 5.75 Å². The van der Waals surface area contributed by atoms with Gasteiger partial charge in [0, 0.05) is 50.7 Å². The monoisotopic (exact) mass is 416 g/mol. The summed E-state index contributed by atoms with van der Waals surface area (Å²) in [6, 6.07) is 14.8. The molecule has 31 heavy (non-hydrogen) atoms. The van der Waals surface area contributed by atoms with E-state index in [1.54, 1.807) is 7.11 Å². The third-order valence-corrected chi connectivity index (χ3v) is 7.22. The topological polar surface area (TPSA) is 51.5 Å². The maximum Gasteiger partial charge on any atom is 0.121 e. The van der Waals surface area contributed by atoms with Crippen molar-refractivity contribution in [3.8, 4) is 11.4 Å². The van der Waals surface area contributed by atoms with Crippen molar-refractivity contribution in [1.82, 2.24) is 14.5 Å². The Kier molecular flexibility index (Phi) is 4.33. The molecular weight excluding hydrogens is 388 g/mol. The van der Waals surface area contributed by atoms with E-state index in [-0.39, 0.29) is 11.1 Å². The number of likely N-dealkylation sites (tertiary alicyclic amines) is 1. The third-order valence-electron chi connectivity index (χ3n) is 7.22. The Labute approximate surface area is 182 Å². The summed E-state index contributed by atoms with van der Waals surface area (Å²) >= 11 is 0. The number of nitrogens with zero attached hydrogens (tertiary/aromatic N) is 3. The van der Waals surface area contributed by atoms with Gasteiger partial charge in [-0.1, -0.05) is 6.07 Å². The van der Waals surface area contributed by atoms with Crippen LogP contribution in [0.1, 0.15) is 30.5 Å². The summed E-state index contributed by atoms with van der Waals surface area (Å²) < 4.78 is 14.4. The van der Waals surface area contributed by atoms with E-state index >= 15 is 0 Å². The third kappa shape index (κ3) is 3.13. The average molecular weight is 417 g/mol. The fraction of sp³-hybridized carbons (Fsp3) is 0.400. The van der Waals surface area contributed by atoms with E-state index in [4.69, 9.17) is 9.47 Å². The summed E-state index contributed by atoms with van der Waals surface area (Å²) in [5, 5.41) is 3.86. The Bertz CT molecular complexity index is 1090. The van der Waals surface area contributed by atoms with Gasteiger partial charge < -0.3 is 19.4 Å². The molecule has 3 aliphatic rings. The molecule has 2 fully saturated rings. The smallest absolute Gasteiger partial charge is 0.121 e. The number of rotatable bonds is 3. The number of benzene rings is 1. The van der Waals surface area contributed by atoms with Crippen LogP contribution in [-0.4, -0.2) is 46.9 Å². The van der Waals surface area contributed by atoms with Gasteiger partial charge in [0.05, 0.1) is 36.4 Å². The number of nitrogens with one attached hydrogen (secondary N) is 1. The number of methoxy groups -OCH3 is 1. The van der Waals surface area contributed by atoms with E-state index in [1.165, 1.54) is 16.9 Å². The quantitative estimate of drug-likeness (QED) is 0.701. The first kappa shape index (κ1) is 18.9. The number of hydrogen-bond donors (Lipinski definition) is 1. The van der Waals surface area contributed by atoms with Crippen molar-refractivity contribution < 1.29 is 9.47 Å². The Morgan fingerprint density at radius 2 is 2.06 bits per heavy atom. The number of fused-ring (bicyclic) bond motifs is 4. The molecule has 6 nitrogen and oxygen atoms in total. The van der Waals surface area contributed by atoms with Gasteiger partial charge in [-0.05, 0) is 48.7 Å². The zero-order chi connectivity index (χ0) is 20.9. The van der Waals surface area contributed by atoms with Crippen LogP contribution in [0.3, 0.4) is 0 Å². The minimum atomic E-state index is -0.200. The second kappa shape index (κ2) is 7.11. The summed E-state index contributed by atoms with van der Waals surface area (Å²) in [5.41, 5.74) is 4.58. The molecule has 0 radical (unpaired) electrons. The predicted molar refractivity (Wildman–Crippen MR) is 120 cm³/mol. The summed E-state index contributed by atoms with van der Waals surface area (Å²) in [7, 11) is 1.72. The van der Waals surface area contributed by atoms with Crippen molar-refractivity contribution in [1.29, 1.82) is 0 Å². The first-order valence-electron chi connectivity index (χ1n) is 11.1. The molecule has 2 spiro atoms. The van der Waals surface area contributed by atoms with Crippen molar-refractivity contribution in [2.24, 2.45) is 0 Å². The van der Waals surface area contributed by atoms with Crippen LogP contribution in [-0.2, 0) is 16.8 Å². The van der Waals surface area contributed by atoms with Crippen molar-refractivity contribution in [3.63, 3.8) is 0 Å². The van der Waals surface area contributed by atoms with Gasteiger partial charge in [0.2, 0.25) is 0 Å². The van der Waals surface area contributed by atoms with E-state index in [0.717, 1.165) is 50.3 Å². The first-order valence-corrected chi connectivity index (χ1v) is 11.1. The zero-order valence-corrected chi connectivity index (χ0v) is 17.9. The normalized spacial score (nSPS) is 24.0. The van der Waals surface area contributed by atoms with Crippen LogP contribution >= 0.6 is 0 Å². The fourth-order valence-electron chi connectivity index (χ4n) is 5.62. The lowest BCUT2D eigenvalue weighted by Gasteiger charge is -2.41. The molecule has 3 aliphatic heterocycles. The molecule has 2 aromatic heterocycles. The number of aromatic nitrogens is 2. The summed E-state index contributed by atoms with van der Waals surface area (Å²) in [4.78, 5) is 6.78. The second-order valence-corrected chi connectivity index (χ2v) is 9.14. The van der Waals surface area contributed by atoms with Gasteiger partial charge >= 0.3 is 0 Å². The number of hydrogen-bond acceptors (Lipinski definition) is 5. The molecule has 0 bridgehead atoms. The highest BCUT2D eigenvalue weighted by atomic mass is 16.5. The Balaban J connectivity index is 1.23. The molecule has 0 aliphatic carbocycles. The van der Waals surface area contributed by atoms with Crippen LogP contribution in [0.2, 0.25) is 0 Å². The highest BCUT2D eigenvalue weighted by molar-refractivity contribution is 5.69. The molecule has 1 N–H and O–H groups in total. The lowest BCUT2D eigenvalue weighted by molar-refractivity contribution is -0.0451. The molecule has 0 saturated carbocycles. The number of piperidine rings is 1. The van der Waals surface area contributed by atoms with Crippen molar-refractivity contribution >= 4 is 5.69 Å². The maximum atomic E-state index is 6.63. The van der Waals surface area contributed by atoms with Crippen molar-refractivity contribution in [2.45, 2.75) is 36.9 Å². The molecule has 6 rings (SSSR count). The number of anilines is 1. The highest BCUT2D eigenvalue weighted by Crippen LogP contribution is 2.50. The van der Waals surface area contributed by atoms with Crippen LogP contribution in [0.15, 0.2) is 61.1 Å². The van der Waals surface area contributed by atoms with Crippen LogP contribution in [0, 0.1) is 0 Å². The van der Waals surface area contributed by atoms with Gasteiger partial charge in [-0.25, -0.2) is 0 Å². The Morgan fingerprint density at radius 3 is 2.87 bits per heavy atom. The van der Waals surface area contributed by atoms with E-state index in [2.05, 4.69) is 56.3 Å². The molecule has 1 aromatic carbocycles. The largest absolute Gasteiger partial charge is 0.497 e. The molecule has 3 aromatic rings. The van der Waals surface area contributed by atoms with Crippen LogP contribution in [0.4, 0.5) is 5.69 Å². The van der Waals surface area contributed by atoms with E-state index in [9.17, 15) is 0 Å². The summed E-state index contributed by atoms with van der Waals surface area (Å²) in [6.07, 6.45) is 9.06. The minimum Gasteiger partial charge on any atom is -0.497 e. The standard InChI is InChI=1S/C25H28N4O2/c1-30-20-6-7-22-21(14-20)27-25(23-5-3-11-29(22)23)17-24(31-18-25)8-12-28(13-9-24)16-19-4-2-10-26-15-19/h2-7,10-11,14-15,27H,8-9,12-13,16-18H2,1H3. The molecular formula is C25H28N4O2. The molecule has 6 heteroatoms. The van der Waals surface area contributed by atoms with Crippen LogP contribution < -0.4 is 10.1 Å². The lowest BCUT2D eigenvalue weighted by atomic mass is 9.79. The van der Waals surface area contributed by atoms with E-state index in [1.807, 2.05) is 24.5 Å². The Hall–Kier alpha value is -2.83. The summed E-state index contributed by atoms with van der Waals surface area (Å²) in [5.74, 6) is 0.870. The van der Waals surface area contributed by atoms with Gasteiger partial charge in [0.1, 0.15) is 11.3 Å². The number of ether oxygens (including phenoxy) is 2. The van der Waals surface area contributed by atoms with E-state index < -0.39 is 0 Å². The molecule has 1 unspecified atom stereocenters. The molecule has 0 amide bonds. The van der Waals surface area contributed by atoms with Crippen molar-refractivity contribution in [2.75, 3.05) is 32.1 Å². The minimum absolute atomic E-state index is 0.0656. The molecule has 160 valence electrons. The van der Waals surface area contributed by atoms with E-state index in [0.29, 0.717) is 6.61 Å². The van der Waals surface area contributed by atoms with Gasteiger partial charge in [0.15, 0.2) is 0 Å². The van der Waals surface area contributed by atoms with Gasteiger partial charge in [-0.3, -0.25) is 9.88 Å². The predicted octanol–water partition coefficient (Wildman–Crippen LogP) is 3.96. The second-order valence-electron chi connectivity index (χ2n) is 9.14.